The number of rotatable bonds is 6. The summed E-state index contributed by atoms with van der Waals surface area (Å²) in [5.41, 5.74) is 5.90. The van der Waals surface area contributed by atoms with Gasteiger partial charge in [0.1, 0.15) is 11.3 Å². The summed E-state index contributed by atoms with van der Waals surface area (Å²) in [6.45, 7) is 2.08. The SMILES string of the molecule is CC1(CCC(=O)C2CC2)N=C(N)N(Cc2cccc(Cl)c2)C1=O. The molecule has 5 nitrogen and oxygen atoms in total. The van der Waals surface area contributed by atoms with Gasteiger partial charge in [0.25, 0.3) is 5.91 Å². The van der Waals surface area contributed by atoms with Crippen molar-refractivity contribution in [3.63, 3.8) is 0 Å². The Bertz CT molecular complexity index is 684. The number of hydrogen-bond acceptors (Lipinski definition) is 4. The number of ketones is 1. The van der Waals surface area contributed by atoms with E-state index in [9.17, 15) is 9.59 Å². The molecule has 2 aliphatic rings. The molecule has 1 aliphatic carbocycles. The zero-order valence-corrected chi connectivity index (χ0v) is 13.8. The number of nitrogens with zero attached hydrogens (tertiary/aromatic N) is 2. The van der Waals surface area contributed by atoms with E-state index in [0.717, 1.165) is 18.4 Å². The maximum atomic E-state index is 12.7. The molecule has 122 valence electrons. The molecule has 0 aromatic heterocycles. The highest BCUT2D eigenvalue weighted by molar-refractivity contribution is 6.30. The van der Waals surface area contributed by atoms with Crippen LogP contribution in [0.25, 0.3) is 0 Å². The van der Waals surface area contributed by atoms with Crippen molar-refractivity contribution >= 4 is 29.3 Å². The van der Waals surface area contributed by atoms with E-state index < -0.39 is 5.54 Å². The maximum Gasteiger partial charge on any atom is 0.257 e. The predicted molar refractivity (Wildman–Crippen MR) is 89.0 cm³/mol. The first kappa shape index (κ1) is 16.0. The zero-order chi connectivity index (χ0) is 16.6. The van der Waals surface area contributed by atoms with Crippen LogP contribution in [0.3, 0.4) is 0 Å². The van der Waals surface area contributed by atoms with Crippen LogP contribution in [-0.2, 0) is 16.1 Å². The third-order valence-electron chi connectivity index (χ3n) is 4.46. The molecule has 0 spiro atoms. The largest absolute Gasteiger partial charge is 0.369 e. The maximum absolute atomic E-state index is 12.7. The molecule has 1 heterocycles. The van der Waals surface area contributed by atoms with Crippen LogP contribution < -0.4 is 5.73 Å². The van der Waals surface area contributed by atoms with Crippen LogP contribution in [0.1, 0.15) is 38.2 Å². The predicted octanol–water partition coefficient (Wildman–Crippen LogP) is 2.51. The normalized spacial score (nSPS) is 24.0. The van der Waals surface area contributed by atoms with Gasteiger partial charge in [0.2, 0.25) is 0 Å². The summed E-state index contributed by atoms with van der Waals surface area (Å²) in [4.78, 5) is 30.4. The van der Waals surface area contributed by atoms with Crippen molar-refractivity contribution in [3.05, 3.63) is 34.9 Å². The lowest BCUT2D eigenvalue weighted by Gasteiger charge is -2.22. The number of guanidine groups is 1. The number of aliphatic imine (C=N–C) groups is 1. The molecule has 23 heavy (non-hydrogen) atoms. The van der Waals surface area contributed by atoms with E-state index in [1.807, 2.05) is 12.1 Å². The molecule has 3 rings (SSSR count). The highest BCUT2D eigenvalue weighted by Crippen LogP contribution is 2.34. The van der Waals surface area contributed by atoms with Gasteiger partial charge >= 0.3 is 0 Å². The summed E-state index contributed by atoms with van der Waals surface area (Å²) in [5, 5.41) is 0.613. The first-order chi connectivity index (χ1) is 10.9. The van der Waals surface area contributed by atoms with Gasteiger partial charge in [0.15, 0.2) is 5.96 Å². The van der Waals surface area contributed by atoms with E-state index in [2.05, 4.69) is 4.99 Å². The fourth-order valence-electron chi connectivity index (χ4n) is 2.87. The first-order valence-electron chi connectivity index (χ1n) is 7.83. The summed E-state index contributed by atoms with van der Waals surface area (Å²) >= 11 is 5.98. The Labute approximate surface area is 140 Å². The average Bonchev–Trinajstić information content (AvgIpc) is 3.31. The van der Waals surface area contributed by atoms with Crippen molar-refractivity contribution in [2.45, 2.75) is 44.7 Å². The van der Waals surface area contributed by atoms with Gasteiger partial charge in [-0.3, -0.25) is 14.5 Å². The molecule has 1 unspecified atom stereocenters. The van der Waals surface area contributed by atoms with Crippen LogP contribution >= 0.6 is 11.6 Å². The molecular formula is C17H20ClN3O2. The van der Waals surface area contributed by atoms with Crippen molar-refractivity contribution in [2.75, 3.05) is 0 Å². The van der Waals surface area contributed by atoms with Crippen LogP contribution in [0.5, 0.6) is 0 Å². The topological polar surface area (TPSA) is 75.8 Å². The molecule has 0 radical (unpaired) electrons. The molecule has 1 atom stereocenters. The first-order valence-corrected chi connectivity index (χ1v) is 8.21. The minimum atomic E-state index is -0.937. The second kappa shape index (κ2) is 5.96. The number of Topliss-reactive ketones (excluding diaryl/α,β-unsaturated/α-hetero) is 1. The molecule has 1 aliphatic heterocycles. The number of hydrogen-bond donors (Lipinski definition) is 1. The minimum Gasteiger partial charge on any atom is -0.369 e. The molecule has 2 N–H and O–H groups in total. The summed E-state index contributed by atoms with van der Waals surface area (Å²) in [6, 6.07) is 7.30. The van der Waals surface area contributed by atoms with E-state index >= 15 is 0 Å². The van der Waals surface area contributed by atoms with Gasteiger partial charge < -0.3 is 5.73 Å². The lowest BCUT2D eigenvalue weighted by atomic mass is 9.93. The quantitative estimate of drug-likeness (QED) is 0.869. The minimum absolute atomic E-state index is 0.154. The van der Waals surface area contributed by atoms with Crippen LogP contribution in [0.15, 0.2) is 29.3 Å². The van der Waals surface area contributed by atoms with Gasteiger partial charge in [0, 0.05) is 17.4 Å². The molecule has 1 aromatic rings. The van der Waals surface area contributed by atoms with Crippen molar-refractivity contribution < 1.29 is 9.59 Å². The highest BCUT2D eigenvalue weighted by atomic mass is 35.5. The Hall–Kier alpha value is -1.88. The summed E-state index contributed by atoms with van der Waals surface area (Å²) < 4.78 is 0. The van der Waals surface area contributed by atoms with Gasteiger partial charge in [-0.25, -0.2) is 4.99 Å². The number of amides is 1. The van der Waals surface area contributed by atoms with E-state index in [1.165, 1.54) is 4.90 Å². The number of carbonyl (C=O) groups is 2. The molecule has 0 saturated heterocycles. The molecular weight excluding hydrogens is 314 g/mol. The standard InChI is InChI=1S/C17H20ClN3O2/c1-17(8-7-14(22)12-5-6-12)15(23)21(16(19)20-17)10-11-3-2-4-13(18)9-11/h2-4,9,12H,5-8,10H2,1H3,(H2,19,20). The average molecular weight is 334 g/mol. The summed E-state index contributed by atoms with van der Waals surface area (Å²) in [5.74, 6) is 0.495. The van der Waals surface area contributed by atoms with Crippen LogP contribution in [0, 0.1) is 5.92 Å². The molecule has 1 aromatic carbocycles. The second-order valence-corrected chi connectivity index (χ2v) is 6.94. The molecule has 1 amide bonds. The molecule has 1 saturated carbocycles. The monoisotopic (exact) mass is 333 g/mol. The fraction of sp³-hybridized carbons (Fsp3) is 0.471. The fourth-order valence-corrected chi connectivity index (χ4v) is 3.08. The Morgan fingerprint density at radius 1 is 1.48 bits per heavy atom. The number of benzene rings is 1. The van der Waals surface area contributed by atoms with Gasteiger partial charge in [0.05, 0.1) is 6.54 Å². The lowest BCUT2D eigenvalue weighted by molar-refractivity contribution is -0.131. The van der Waals surface area contributed by atoms with E-state index in [1.54, 1.807) is 19.1 Å². The van der Waals surface area contributed by atoms with Gasteiger partial charge in [-0.05, 0) is 43.9 Å². The van der Waals surface area contributed by atoms with Crippen molar-refractivity contribution in [3.8, 4) is 0 Å². The Morgan fingerprint density at radius 3 is 2.87 bits per heavy atom. The van der Waals surface area contributed by atoms with Crippen molar-refractivity contribution in [1.29, 1.82) is 0 Å². The Morgan fingerprint density at radius 2 is 2.22 bits per heavy atom. The van der Waals surface area contributed by atoms with E-state index in [4.69, 9.17) is 17.3 Å². The van der Waals surface area contributed by atoms with Crippen molar-refractivity contribution in [1.82, 2.24) is 4.90 Å². The van der Waals surface area contributed by atoms with E-state index in [0.29, 0.717) is 24.4 Å². The number of nitrogens with two attached hydrogens (primary N) is 1. The second-order valence-electron chi connectivity index (χ2n) is 6.51. The lowest BCUT2D eigenvalue weighted by Crippen LogP contribution is -2.42. The van der Waals surface area contributed by atoms with Gasteiger partial charge in [-0.15, -0.1) is 0 Å². The third kappa shape index (κ3) is 3.39. The van der Waals surface area contributed by atoms with Crippen LogP contribution in [-0.4, -0.2) is 28.1 Å². The highest BCUT2D eigenvalue weighted by Gasteiger charge is 2.44. The summed E-state index contributed by atoms with van der Waals surface area (Å²) in [6.07, 6.45) is 2.76. The number of halogens is 1. The molecule has 6 heteroatoms. The van der Waals surface area contributed by atoms with E-state index in [-0.39, 0.29) is 23.6 Å². The number of carbonyl (C=O) groups excluding carboxylic acids is 2. The zero-order valence-electron chi connectivity index (χ0n) is 13.1. The summed E-state index contributed by atoms with van der Waals surface area (Å²) in [7, 11) is 0. The molecule has 0 bridgehead atoms. The molecule has 1 fully saturated rings. The van der Waals surface area contributed by atoms with Crippen LogP contribution in [0.2, 0.25) is 5.02 Å². The van der Waals surface area contributed by atoms with Crippen LogP contribution in [0.4, 0.5) is 0 Å². The third-order valence-corrected chi connectivity index (χ3v) is 4.70. The van der Waals surface area contributed by atoms with Gasteiger partial charge in [-0.1, -0.05) is 23.7 Å². The van der Waals surface area contributed by atoms with Gasteiger partial charge in [-0.2, -0.15) is 0 Å². The Balaban J connectivity index is 1.68. The Kier molecular flexibility index (Phi) is 4.15. The van der Waals surface area contributed by atoms with Crippen molar-refractivity contribution in [2.24, 2.45) is 16.6 Å². The smallest absolute Gasteiger partial charge is 0.257 e.